The highest BCUT2D eigenvalue weighted by atomic mass is 19.3. The van der Waals surface area contributed by atoms with Crippen molar-refractivity contribution in [2.45, 2.75) is 39.2 Å². The zero-order valence-electron chi connectivity index (χ0n) is 39.1. The molecule has 0 aliphatic carbocycles. The van der Waals surface area contributed by atoms with E-state index < -0.39 is 58.8 Å². The van der Waals surface area contributed by atoms with E-state index in [2.05, 4.69) is 56.1 Å². The standard InChI is InChI=1S/C25H19F3N6O5.C24H18FN7O5/c1-25(27,28)39-15-4-2-3-13(7-15)10-30-23(36)19-9-18(32-21-16(26)12-31-34(19)21)22(35)29-11-14-5-6-20-17(8-14)33-24(37)38-20;25-15-11-29-32-18(23(35)28-10-13-3-1-2-4-14(13)20(26)33)8-17(30-21(15)32)22(34)27-9-12-5-6-19-16(7-12)31-24(36)37-19/h2-9,12H,10-11H2,1H3,(H,29,35)(H,30,36)(H,33,37);1-8,11H,9-10H2,(H2,26,33)(H,27,34)(H,28,35)(H,31,36). The van der Waals surface area contributed by atoms with Crippen molar-refractivity contribution >= 4 is 63.0 Å². The van der Waals surface area contributed by atoms with E-state index in [0.717, 1.165) is 27.5 Å². The Morgan fingerprint density at radius 1 is 0.618 bits per heavy atom. The second-order valence-electron chi connectivity index (χ2n) is 16.5. The van der Waals surface area contributed by atoms with E-state index in [9.17, 15) is 51.1 Å². The maximum Gasteiger partial charge on any atom is 0.417 e. The van der Waals surface area contributed by atoms with Gasteiger partial charge < -0.3 is 40.6 Å². The number of carbonyl (C=O) groups is 5. The monoisotopic (exact) mass is 1040 g/mol. The largest absolute Gasteiger partial charge is 0.433 e. The van der Waals surface area contributed by atoms with Crippen LogP contribution >= 0.6 is 0 Å². The van der Waals surface area contributed by atoms with Gasteiger partial charge in [0.2, 0.25) is 5.91 Å². The Morgan fingerprint density at radius 3 is 1.59 bits per heavy atom. The lowest BCUT2D eigenvalue weighted by molar-refractivity contribution is -0.159. The van der Waals surface area contributed by atoms with Crippen LogP contribution in [0.1, 0.15) is 81.5 Å². The lowest BCUT2D eigenvalue weighted by atomic mass is 10.1. The van der Waals surface area contributed by atoms with Crippen LogP contribution in [0, 0.1) is 11.6 Å². The first-order valence-corrected chi connectivity index (χ1v) is 22.3. The average Bonchev–Trinajstić information content (AvgIpc) is 4.19. The molecule has 0 bridgehead atoms. The van der Waals surface area contributed by atoms with Crippen LogP contribution in [0.25, 0.3) is 33.5 Å². The first-order chi connectivity index (χ1) is 36.3. The molecular weight excluding hydrogens is 1010 g/mol. The summed E-state index contributed by atoms with van der Waals surface area (Å²) in [5.74, 6) is -6.39. The number of alkyl halides is 2. The van der Waals surface area contributed by atoms with Gasteiger partial charge in [-0.05, 0) is 64.7 Å². The number of nitrogens with zero attached hydrogens (tertiary/aromatic N) is 6. The molecule has 10 aromatic rings. The van der Waals surface area contributed by atoms with Crippen molar-refractivity contribution in [1.82, 2.24) is 60.4 Å². The van der Waals surface area contributed by atoms with E-state index >= 15 is 0 Å². The average molecular weight is 1040 g/mol. The molecule has 0 fully saturated rings. The number of nitrogens with one attached hydrogen (secondary N) is 6. The summed E-state index contributed by atoms with van der Waals surface area (Å²) in [6.07, 6.45) is -1.64. The van der Waals surface area contributed by atoms with Crippen LogP contribution in [-0.4, -0.2) is 74.8 Å². The van der Waals surface area contributed by atoms with Crippen LogP contribution in [0.2, 0.25) is 0 Å². The predicted molar refractivity (Wildman–Crippen MR) is 257 cm³/mol. The highest BCUT2D eigenvalue weighted by Gasteiger charge is 2.25. The fourth-order valence-electron chi connectivity index (χ4n) is 7.57. The molecular formula is C49H37F4N13O10. The molecule has 6 aromatic heterocycles. The summed E-state index contributed by atoms with van der Waals surface area (Å²) in [7, 11) is 0. The molecule has 386 valence electrons. The molecule has 76 heavy (non-hydrogen) atoms. The second kappa shape index (κ2) is 20.9. The van der Waals surface area contributed by atoms with Gasteiger partial charge in [-0.15, -0.1) is 0 Å². The van der Waals surface area contributed by atoms with Crippen molar-refractivity contribution in [3.63, 3.8) is 0 Å². The van der Waals surface area contributed by atoms with Crippen molar-refractivity contribution < 1.29 is 55.1 Å². The number of rotatable bonds is 15. The van der Waals surface area contributed by atoms with Gasteiger partial charge in [0.15, 0.2) is 34.1 Å². The molecule has 0 saturated heterocycles. The molecule has 0 saturated carbocycles. The van der Waals surface area contributed by atoms with Crippen molar-refractivity contribution in [1.29, 1.82) is 0 Å². The third kappa shape index (κ3) is 11.4. The number of nitrogens with two attached hydrogens (primary N) is 1. The number of benzene rings is 4. The summed E-state index contributed by atoms with van der Waals surface area (Å²) in [5, 5.41) is 18.1. The zero-order valence-corrected chi connectivity index (χ0v) is 39.1. The molecule has 5 amide bonds. The maximum absolute atomic E-state index is 14.3. The van der Waals surface area contributed by atoms with Gasteiger partial charge in [0.25, 0.3) is 23.6 Å². The fourth-order valence-corrected chi connectivity index (χ4v) is 7.57. The third-order valence-corrected chi connectivity index (χ3v) is 11.0. The Hall–Kier alpha value is -10.5. The zero-order chi connectivity index (χ0) is 53.8. The number of hydrogen-bond donors (Lipinski definition) is 7. The summed E-state index contributed by atoms with van der Waals surface area (Å²) < 4.78 is 71.3. The van der Waals surface area contributed by atoms with Crippen molar-refractivity contribution in [2.24, 2.45) is 5.73 Å². The number of oxazole rings is 2. The van der Waals surface area contributed by atoms with Crippen LogP contribution < -0.4 is 43.2 Å². The van der Waals surface area contributed by atoms with Crippen LogP contribution in [0.5, 0.6) is 5.75 Å². The summed E-state index contributed by atoms with van der Waals surface area (Å²) in [6.45, 7) is 0.563. The number of fused-ring (bicyclic) bond motifs is 4. The minimum atomic E-state index is -3.38. The molecule has 0 aliphatic heterocycles. The number of H-pyrrole nitrogens is 2. The molecule has 8 N–H and O–H groups in total. The Labute approximate surface area is 421 Å². The van der Waals surface area contributed by atoms with Crippen molar-refractivity contribution in [3.05, 3.63) is 193 Å². The van der Waals surface area contributed by atoms with Gasteiger partial charge in [0.05, 0.1) is 23.4 Å². The molecule has 0 radical (unpaired) electrons. The smallest absolute Gasteiger partial charge is 0.417 e. The number of halogens is 4. The normalized spacial score (nSPS) is 11.3. The summed E-state index contributed by atoms with van der Waals surface area (Å²) in [6, 6.07) is 24.3. The van der Waals surface area contributed by atoms with Gasteiger partial charge in [-0.3, -0.25) is 33.9 Å². The minimum absolute atomic E-state index is 0.0351. The molecule has 0 aliphatic rings. The van der Waals surface area contributed by atoms with Crippen LogP contribution in [0.15, 0.2) is 128 Å². The molecule has 23 nitrogen and oxygen atoms in total. The molecule has 0 atom stereocenters. The number of amides is 5. The van der Waals surface area contributed by atoms with E-state index in [1.165, 1.54) is 30.3 Å². The van der Waals surface area contributed by atoms with Crippen molar-refractivity contribution in [2.75, 3.05) is 0 Å². The molecule has 0 spiro atoms. The maximum atomic E-state index is 14.3. The van der Waals surface area contributed by atoms with Gasteiger partial charge in [0.1, 0.15) is 28.5 Å². The van der Waals surface area contributed by atoms with Crippen molar-refractivity contribution in [3.8, 4) is 5.75 Å². The Balaban J connectivity index is 0.000000186. The quantitative estimate of drug-likeness (QED) is 0.0700. The number of primary amides is 1. The van der Waals surface area contributed by atoms with Gasteiger partial charge in [0, 0.05) is 50.8 Å². The van der Waals surface area contributed by atoms with E-state index in [0.29, 0.717) is 51.4 Å². The van der Waals surface area contributed by atoms with E-state index in [1.54, 1.807) is 60.7 Å². The molecule has 10 rings (SSSR count). The van der Waals surface area contributed by atoms with Crippen LogP contribution in [0.3, 0.4) is 0 Å². The fraction of sp³-hybridized carbons (Fsp3) is 0.122. The van der Waals surface area contributed by atoms with Gasteiger partial charge in [-0.1, -0.05) is 42.5 Å². The van der Waals surface area contributed by atoms with E-state index in [-0.39, 0.29) is 71.6 Å². The summed E-state index contributed by atoms with van der Waals surface area (Å²) in [4.78, 5) is 99.1. The van der Waals surface area contributed by atoms with Gasteiger partial charge in [-0.25, -0.2) is 37.4 Å². The van der Waals surface area contributed by atoms with Gasteiger partial charge in [-0.2, -0.15) is 19.0 Å². The first kappa shape index (κ1) is 50.5. The van der Waals surface area contributed by atoms with Crippen LogP contribution in [-0.2, 0) is 26.2 Å². The number of carbonyl (C=O) groups excluding carboxylic acids is 5. The summed E-state index contributed by atoms with van der Waals surface area (Å²) in [5.41, 5.74) is 8.05. The lowest BCUT2D eigenvalue weighted by Gasteiger charge is -2.14. The number of aromatic amines is 2. The molecule has 0 unspecified atom stereocenters. The topological polar surface area (TPSA) is 321 Å². The van der Waals surface area contributed by atoms with Gasteiger partial charge >= 0.3 is 17.6 Å². The lowest BCUT2D eigenvalue weighted by Crippen LogP contribution is -2.29. The number of aromatic nitrogens is 8. The second-order valence-corrected chi connectivity index (χ2v) is 16.5. The Bertz CT molecular complexity index is 4040. The molecule has 6 heterocycles. The number of ether oxygens (including phenoxy) is 1. The van der Waals surface area contributed by atoms with E-state index in [4.69, 9.17) is 14.6 Å². The minimum Gasteiger partial charge on any atom is -0.433 e. The highest BCUT2D eigenvalue weighted by Crippen LogP contribution is 2.23. The Kier molecular flexibility index (Phi) is 13.9. The Morgan fingerprint density at radius 2 is 1.09 bits per heavy atom. The SMILES string of the molecule is CC(F)(F)Oc1cccc(CNC(=O)c2cc(C(=O)NCc3ccc4oc(=O)[nH]c4c3)nc3c(F)cnn23)c1.NC(=O)c1ccccc1CNC(=O)c1cc(C(=O)NCc2ccc3oc(=O)[nH]c3c2)nc2c(F)cnn12. The highest BCUT2D eigenvalue weighted by molar-refractivity contribution is 6.00. The van der Waals surface area contributed by atoms with Crippen LogP contribution in [0.4, 0.5) is 17.6 Å². The molecule has 4 aromatic carbocycles. The van der Waals surface area contributed by atoms with E-state index in [1.807, 2.05) is 0 Å². The third-order valence-electron chi connectivity index (χ3n) is 11.0. The number of hydrogen-bond acceptors (Lipinski definition) is 14. The first-order valence-electron chi connectivity index (χ1n) is 22.3. The summed E-state index contributed by atoms with van der Waals surface area (Å²) >= 11 is 0. The molecule has 27 heteroatoms. The predicted octanol–water partition coefficient (Wildman–Crippen LogP) is 4.42.